The van der Waals surface area contributed by atoms with Gasteiger partial charge in [-0.1, -0.05) is 108 Å². The Labute approximate surface area is 552 Å². The second-order valence-corrected chi connectivity index (χ2v) is 26.2. The molecule has 0 radical (unpaired) electrons. The molecule has 0 saturated carbocycles. The molecule has 94 heavy (non-hydrogen) atoms. The van der Waals surface area contributed by atoms with Crippen LogP contribution < -0.4 is 23.7 Å². The van der Waals surface area contributed by atoms with E-state index in [1.54, 1.807) is 57.4 Å². The first kappa shape index (κ1) is 72.0. The predicted octanol–water partition coefficient (Wildman–Crippen LogP) is 16.9. The van der Waals surface area contributed by atoms with Crippen LogP contribution in [-0.4, -0.2) is 78.0 Å². The summed E-state index contributed by atoms with van der Waals surface area (Å²) in [5.41, 5.74) is 9.21. The molecule has 3 aliphatic rings. The van der Waals surface area contributed by atoms with Gasteiger partial charge in [0, 0.05) is 51.6 Å². The number of carbonyl (C=O) groups is 3. The Hall–Kier alpha value is -9.41. The third-order valence-corrected chi connectivity index (χ3v) is 17.4. The molecule has 16 heteroatoms. The fourth-order valence-electron chi connectivity index (χ4n) is 11.9. The van der Waals surface area contributed by atoms with E-state index in [9.17, 15) is 55.2 Å². The summed E-state index contributed by atoms with van der Waals surface area (Å²) in [6, 6.07) is 23.0. The summed E-state index contributed by atoms with van der Waals surface area (Å²) in [6.45, 7) is 31.7. The molecule has 6 unspecified atom stereocenters. The summed E-state index contributed by atoms with van der Waals surface area (Å²) in [4.78, 5) is 39.1. The summed E-state index contributed by atoms with van der Waals surface area (Å²) < 4.78 is 29.7. The highest BCUT2D eigenvalue weighted by molar-refractivity contribution is 6.05. The van der Waals surface area contributed by atoms with Gasteiger partial charge < -0.3 is 64.5 Å². The van der Waals surface area contributed by atoms with Crippen LogP contribution in [0.5, 0.6) is 69.0 Å². The number of Topliss-reactive ketones (excluding diaryl/α,β-unsaturated/α-hetero) is 3. The molecule has 0 amide bonds. The van der Waals surface area contributed by atoms with E-state index in [2.05, 4.69) is 45.7 Å². The predicted molar refractivity (Wildman–Crippen MR) is 365 cm³/mol. The minimum Gasteiger partial charge on any atom is -0.508 e. The Morgan fingerprint density at radius 1 is 0.500 bits per heavy atom. The number of methoxy groups -OCH3 is 2. The molecule has 0 spiro atoms. The highest BCUT2D eigenvalue weighted by Gasteiger charge is 2.39. The monoisotopic (exact) mass is 1280 g/mol. The van der Waals surface area contributed by atoms with Crippen LogP contribution in [0, 0.1) is 24.7 Å². The number of hydrogen-bond acceptors (Lipinski definition) is 16. The average Bonchev–Trinajstić information content (AvgIpc) is 0.783. The standard InChI is InChI=1S/C28H34O5.C25H30O6.C25H28O5/c1-16(2)8-10-19(17(3)4)13-21-22(29)14-26(32-7)27-23(30)15-25(33-28(21)27)20-11-9-18(5)12-24(20)31-6;1-14(2)15(9-10-25(3,4)30)11-17-19(27)12-20(28)23-21(29)13-22(31-24(17)23)16-7-5-6-8-18(16)26;1-14(2)9-10-16(15(3)4)11-18-20(27)12-21(28)24-22(29)13-23(30-25(18)24)17-7-5-6-8-19(17)26/h8-9,11-12,14,19,25,29H,3,10,13,15H2,1-2,4-7H3;5-8,12,15,22,26-28,30H,1,9-11,13H2,2-4H3;5-9,12,16,23,26-28H,3,10-11,13H2,1-2,4H3. The molecule has 6 aromatic carbocycles. The Bertz CT molecular complexity index is 3910. The van der Waals surface area contributed by atoms with Crippen molar-refractivity contribution < 1.29 is 78.9 Å². The van der Waals surface area contributed by atoms with E-state index in [0.717, 1.165) is 40.7 Å². The van der Waals surface area contributed by atoms with Crippen molar-refractivity contribution in [1.29, 1.82) is 0 Å². The van der Waals surface area contributed by atoms with E-state index in [0.29, 0.717) is 82.7 Å². The van der Waals surface area contributed by atoms with Crippen molar-refractivity contribution in [3.05, 3.63) is 200 Å². The van der Waals surface area contributed by atoms with E-state index in [4.69, 9.17) is 23.7 Å². The minimum absolute atomic E-state index is 0.00989. The smallest absolute Gasteiger partial charge is 0.174 e. The molecule has 0 aliphatic carbocycles. The molecule has 500 valence electrons. The number of para-hydroxylation sites is 2. The fourth-order valence-corrected chi connectivity index (χ4v) is 11.9. The number of hydrogen-bond donors (Lipinski definition) is 8. The molecule has 0 aromatic heterocycles. The number of phenolic OH excluding ortho intramolecular Hbond substituents is 7. The number of aromatic hydroxyl groups is 7. The molecule has 0 fully saturated rings. The van der Waals surface area contributed by atoms with E-state index in [1.165, 1.54) is 48.6 Å². The zero-order valence-corrected chi connectivity index (χ0v) is 56.2. The van der Waals surface area contributed by atoms with E-state index < -0.39 is 23.9 Å². The van der Waals surface area contributed by atoms with E-state index >= 15 is 0 Å². The van der Waals surface area contributed by atoms with Crippen molar-refractivity contribution >= 4 is 17.3 Å². The van der Waals surface area contributed by atoms with Gasteiger partial charge in [0.15, 0.2) is 17.3 Å². The molecule has 6 atom stereocenters. The van der Waals surface area contributed by atoms with Crippen molar-refractivity contribution in [3.8, 4) is 69.0 Å². The number of fused-ring (bicyclic) bond motifs is 3. The fraction of sp³-hybridized carbons (Fsp3) is 0.372. The Morgan fingerprint density at radius 2 is 0.872 bits per heavy atom. The molecular weight excluding hydrogens is 1190 g/mol. The molecule has 3 heterocycles. The Kier molecular flexibility index (Phi) is 23.8. The van der Waals surface area contributed by atoms with Crippen LogP contribution in [0.25, 0.3) is 0 Å². The lowest BCUT2D eigenvalue weighted by Gasteiger charge is -2.30. The Balaban J connectivity index is 0.000000200. The van der Waals surface area contributed by atoms with Crippen LogP contribution >= 0.6 is 0 Å². The average molecular weight is 1290 g/mol. The largest absolute Gasteiger partial charge is 0.508 e. The molecule has 9 rings (SSSR count). The van der Waals surface area contributed by atoms with Crippen LogP contribution in [0.15, 0.2) is 145 Å². The first-order chi connectivity index (χ1) is 44.3. The third-order valence-electron chi connectivity index (χ3n) is 17.4. The van der Waals surface area contributed by atoms with Gasteiger partial charge in [0.05, 0.1) is 39.1 Å². The molecule has 0 bridgehead atoms. The number of ketones is 3. The number of phenols is 7. The Morgan fingerprint density at radius 3 is 1.26 bits per heavy atom. The first-order valence-electron chi connectivity index (χ1n) is 31.7. The molecule has 0 saturated heterocycles. The van der Waals surface area contributed by atoms with Gasteiger partial charge >= 0.3 is 0 Å². The van der Waals surface area contributed by atoms with Gasteiger partial charge in [-0.05, 0) is 156 Å². The molecule has 6 aromatic rings. The van der Waals surface area contributed by atoms with Crippen LogP contribution in [0.3, 0.4) is 0 Å². The van der Waals surface area contributed by atoms with Crippen molar-refractivity contribution in [1.82, 2.24) is 0 Å². The summed E-state index contributed by atoms with van der Waals surface area (Å²) in [5, 5.41) is 83.4. The maximum Gasteiger partial charge on any atom is 0.174 e. The maximum absolute atomic E-state index is 13.3. The molecule has 16 nitrogen and oxygen atoms in total. The van der Waals surface area contributed by atoms with Gasteiger partial charge in [-0.2, -0.15) is 0 Å². The van der Waals surface area contributed by atoms with Crippen LogP contribution in [0.2, 0.25) is 0 Å². The quantitative estimate of drug-likeness (QED) is 0.0312. The maximum atomic E-state index is 13.3. The number of aliphatic hydroxyl groups is 1. The lowest BCUT2D eigenvalue weighted by Crippen LogP contribution is -2.23. The van der Waals surface area contributed by atoms with Gasteiger partial charge in [0.25, 0.3) is 0 Å². The second kappa shape index (κ2) is 31.0. The summed E-state index contributed by atoms with van der Waals surface area (Å²) in [5.74, 6) is 0.224. The van der Waals surface area contributed by atoms with E-state index in [1.807, 2.05) is 59.7 Å². The zero-order chi connectivity index (χ0) is 69.2. The number of carbonyl (C=O) groups excluding carboxylic acids is 3. The minimum atomic E-state index is -0.841. The number of allylic oxidation sites excluding steroid dienone is 7. The van der Waals surface area contributed by atoms with Crippen LogP contribution in [0.4, 0.5) is 0 Å². The van der Waals surface area contributed by atoms with Gasteiger partial charge in [0.1, 0.15) is 104 Å². The first-order valence-corrected chi connectivity index (χ1v) is 31.7. The van der Waals surface area contributed by atoms with Gasteiger partial charge in [-0.25, -0.2) is 0 Å². The normalized spacial score (nSPS) is 16.4. The van der Waals surface area contributed by atoms with Gasteiger partial charge in [-0.3, -0.25) is 14.4 Å². The lowest BCUT2D eigenvalue weighted by molar-refractivity contribution is 0.0649. The molecular formula is C78H92O16. The van der Waals surface area contributed by atoms with Crippen LogP contribution in [0.1, 0.15) is 196 Å². The van der Waals surface area contributed by atoms with Crippen molar-refractivity contribution in [2.24, 2.45) is 17.8 Å². The van der Waals surface area contributed by atoms with Gasteiger partial charge in [-0.15, -0.1) is 0 Å². The van der Waals surface area contributed by atoms with Gasteiger partial charge in [0.2, 0.25) is 0 Å². The summed E-state index contributed by atoms with van der Waals surface area (Å²) in [6.07, 6.45) is 6.38. The highest BCUT2D eigenvalue weighted by Crippen LogP contribution is 2.51. The van der Waals surface area contributed by atoms with E-state index in [-0.39, 0.29) is 117 Å². The number of rotatable bonds is 21. The number of benzene rings is 6. The highest BCUT2D eigenvalue weighted by atomic mass is 16.5. The van der Waals surface area contributed by atoms with Crippen molar-refractivity contribution in [3.63, 3.8) is 0 Å². The SMILES string of the molecule is C=C(C)C(CC=C(C)C)Cc1c(O)cc(O)c2c1OC(c1ccccc1O)CC2=O.C=C(C)C(CC=C(C)C)Cc1c(O)cc(OC)c2c1OC(c1ccc(C)cc1OC)CC2=O.C=C(C)C(CCC(C)(C)O)Cc1c(O)cc(O)c2c1OC(c1ccccc1O)CC2=O. The summed E-state index contributed by atoms with van der Waals surface area (Å²) >= 11 is 0. The molecule has 8 N–H and O–H groups in total. The van der Waals surface area contributed by atoms with Crippen molar-refractivity contribution in [2.75, 3.05) is 14.2 Å². The topological polar surface area (TPSA) is 259 Å². The summed E-state index contributed by atoms with van der Waals surface area (Å²) in [7, 11) is 3.10. The number of aryl methyl sites for hydroxylation is 1. The zero-order valence-electron chi connectivity index (χ0n) is 56.2. The van der Waals surface area contributed by atoms with Crippen LogP contribution in [-0.2, 0) is 19.3 Å². The number of ether oxygens (including phenoxy) is 5. The second-order valence-electron chi connectivity index (χ2n) is 26.2. The lowest BCUT2D eigenvalue weighted by atomic mass is 9.84. The third kappa shape index (κ3) is 17.4. The van der Waals surface area contributed by atoms with Crippen molar-refractivity contribution in [2.45, 2.75) is 157 Å². The molecule has 3 aliphatic heterocycles.